The summed E-state index contributed by atoms with van der Waals surface area (Å²) in [5.41, 5.74) is 0.403. The Morgan fingerprint density at radius 3 is 2.21 bits per heavy atom. The van der Waals surface area contributed by atoms with Gasteiger partial charge in [0.05, 0.1) is 32.3 Å². The van der Waals surface area contributed by atoms with Crippen LogP contribution < -0.4 is 14.2 Å². The van der Waals surface area contributed by atoms with Crippen molar-refractivity contribution in [3.63, 3.8) is 0 Å². The quantitative estimate of drug-likeness (QED) is 0.564. The Balaban J connectivity index is 2.28. The second kappa shape index (κ2) is 7.49. The molecule has 0 aliphatic heterocycles. The number of nitrogens with zero attached hydrogens (tertiary/aromatic N) is 2. The van der Waals surface area contributed by atoms with Crippen molar-refractivity contribution in [3.05, 3.63) is 57.1 Å². The first-order valence-corrected chi connectivity index (χ1v) is 6.90. The number of ether oxygens (including phenoxy) is 3. The second-order valence-corrected chi connectivity index (χ2v) is 4.74. The molecular weight excluding hydrogens is 319 g/mol. The van der Waals surface area contributed by atoms with Crippen LogP contribution in [0.2, 0.25) is 0 Å². The summed E-state index contributed by atoms with van der Waals surface area (Å²) in [6.45, 7) is 0.128. The van der Waals surface area contributed by atoms with Crippen LogP contribution in [0.3, 0.4) is 0 Å². The second-order valence-electron chi connectivity index (χ2n) is 4.74. The minimum atomic E-state index is -0.687. The monoisotopic (exact) mass is 335 g/mol. The fraction of sp³-hybridized carbons (Fsp3) is 0.250. The molecule has 0 unspecified atom stereocenters. The number of hydrogen-bond acceptors (Lipinski definition) is 5. The minimum absolute atomic E-state index is 0.0927. The Morgan fingerprint density at radius 1 is 1.08 bits per heavy atom. The van der Waals surface area contributed by atoms with Crippen molar-refractivity contribution in [2.45, 2.75) is 6.54 Å². The topological polar surface area (TPSA) is 84.9 Å². The highest BCUT2D eigenvalue weighted by Crippen LogP contribution is 2.40. The normalized spacial score (nSPS) is 10.2. The number of methoxy groups -OCH3 is 3. The average Bonchev–Trinajstić information content (AvgIpc) is 2.59. The minimum Gasteiger partial charge on any atom is -0.675 e. The van der Waals surface area contributed by atoms with Crippen molar-refractivity contribution in [2.75, 3.05) is 21.3 Å². The third-order valence-corrected chi connectivity index (χ3v) is 3.29. The fourth-order valence-corrected chi connectivity index (χ4v) is 2.18. The highest BCUT2D eigenvalue weighted by atomic mass is 19.1. The Labute approximate surface area is 138 Å². The van der Waals surface area contributed by atoms with Crippen LogP contribution in [0.4, 0.5) is 15.8 Å². The van der Waals surface area contributed by atoms with Gasteiger partial charge in [-0.05, 0) is 18.2 Å². The summed E-state index contributed by atoms with van der Waals surface area (Å²) >= 11 is 0. The van der Waals surface area contributed by atoms with Gasteiger partial charge in [-0.1, -0.05) is 17.3 Å². The molecule has 0 aliphatic carbocycles. The molecule has 2 aromatic carbocycles. The smallest absolute Gasteiger partial charge is 0.257 e. The summed E-state index contributed by atoms with van der Waals surface area (Å²) in [4.78, 5) is 10.3. The Morgan fingerprint density at radius 2 is 1.71 bits per heavy atom. The van der Waals surface area contributed by atoms with E-state index in [1.165, 1.54) is 27.4 Å². The van der Waals surface area contributed by atoms with E-state index in [9.17, 15) is 14.5 Å². The maximum atomic E-state index is 13.2. The van der Waals surface area contributed by atoms with E-state index in [0.717, 1.165) is 12.1 Å². The summed E-state index contributed by atoms with van der Waals surface area (Å²) in [5, 5.41) is 15.2. The van der Waals surface area contributed by atoms with E-state index in [-0.39, 0.29) is 17.9 Å². The zero-order chi connectivity index (χ0) is 17.7. The molecule has 0 N–H and O–H groups in total. The van der Waals surface area contributed by atoms with Gasteiger partial charge in [-0.3, -0.25) is 10.1 Å². The average molecular weight is 335 g/mol. The molecule has 0 aliphatic rings. The molecule has 0 bridgehead atoms. The first-order valence-electron chi connectivity index (χ1n) is 6.90. The summed E-state index contributed by atoms with van der Waals surface area (Å²) in [5.74, 6) is 0.663. The van der Waals surface area contributed by atoms with Crippen LogP contribution in [-0.4, -0.2) is 26.3 Å². The molecule has 0 saturated carbocycles. The summed E-state index contributed by atoms with van der Waals surface area (Å²) < 4.78 is 28.9. The highest BCUT2D eigenvalue weighted by molar-refractivity contribution is 5.65. The number of nitro benzene ring substituents is 1. The largest absolute Gasteiger partial charge is 0.675 e. The van der Waals surface area contributed by atoms with E-state index < -0.39 is 10.7 Å². The zero-order valence-corrected chi connectivity index (χ0v) is 13.4. The fourth-order valence-electron chi connectivity index (χ4n) is 2.18. The summed E-state index contributed by atoms with van der Waals surface area (Å²) in [7, 11) is 4.47. The Kier molecular flexibility index (Phi) is 5.41. The van der Waals surface area contributed by atoms with Gasteiger partial charge in [0.1, 0.15) is 5.82 Å². The molecule has 0 fully saturated rings. The predicted octanol–water partition coefficient (Wildman–Crippen LogP) is 3.97. The SMILES string of the molecule is COc1cc(C[N-]c2ccc(F)cc2[N+](=O)[O-])cc(OC)c1OC. The van der Waals surface area contributed by atoms with Crippen molar-refractivity contribution in [3.8, 4) is 17.2 Å². The van der Waals surface area contributed by atoms with Crippen LogP contribution >= 0.6 is 0 Å². The first kappa shape index (κ1) is 17.3. The highest BCUT2D eigenvalue weighted by Gasteiger charge is 2.12. The molecule has 24 heavy (non-hydrogen) atoms. The van der Waals surface area contributed by atoms with Gasteiger partial charge in [0.25, 0.3) is 5.69 Å². The lowest BCUT2D eigenvalue weighted by molar-refractivity contribution is -0.384. The van der Waals surface area contributed by atoms with E-state index in [2.05, 4.69) is 5.32 Å². The van der Waals surface area contributed by atoms with Crippen molar-refractivity contribution in [1.82, 2.24) is 0 Å². The van der Waals surface area contributed by atoms with Gasteiger partial charge in [0, 0.05) is 0 Å². The molecule has 2 rings (SSSR count). The lowest BCUT2D eigenvalue weighted by Crippen LogP contribution is -1.97. The molecular formula is C16H16FN2O5-. The Hall–Kier alpha value is -3.03. The predicted molar refractivity (Wildman–Crippen MR) is 85.9 cm³/mol. The lowest BCUT2D eigenvalue weighted by atomic mass is 10.1. The number of benzene rings is 2. The molecule has 0 radical (unpaired) electrons. The van der Waals surface area contributed by atoms with Crippen LogP contribution in [0.25, 0.3) is 5.32 Å². The van der Waals surface area contributed by atoms with Crippen molar-refractivity contribution in [2.24, 2.45) is 0 Å². The van der Waals surface area contributed by atoms with Crippen molar-refractivity contribution < 1.29 is 23.5 Å². The molecule has 0 aromatic heterocycles. The molecule has 0 amide bonds. The molecule has 7 nitrogen and oxygen atoms in total. The van der Waals surface area contributed by atoms with Crippen molar-refractivity contribution in [1.29, 1.82) is 0 Å². The van der Waals surface area contributed by atoms with Gasteiger partial charge in [-0.2, -0.15) is 0 Å². The maximum absolute atomic E-state index is 13.2. The van der Waals surface area contributed by atoms with E-state index in [1.807, 2.05) is 0 Å². The molecule has 2 aromatic rings. The van der Waals surface area contributed by atoms with Gasteiger partial charge >= 0.3 is 0 Å². The molecule has 0 saturated heterocycles. The molecule has 0 spiro atoms. The molecule has 128 valence electrons. The van der Waals surface area contributed by atoms with Crippen LogP contribution in [0.15, 0.2) is 30.3 Å². The lowest BCUT2D eigenvalue weighted by Gasteiger charge is -2.22. The number of hydrogen-bond donors (Lipinski definition) is 0. The van der Waals surface area contributed by atoms with E-state index in [0.29, 0.717) is 22.8 Å². The van der Waals surface area contributed by atoms with Gasteiger partial charge in [-0.15, -0.1) is 6.54 Å². The van der Waals surface area contributed by atoms with Gasteiger partial charge in [0.2, 0.25) is 5.75 Å². The number of halogens is 1. The molecule has 8 heteroatoms. The van der Waals surface area contributed by atoms with Crippen LogP contribution in [0, 0.1) is 15.9 Å². The Bertz CT molecular complexity index is 726. The third-order valence-electron chi connectivity index (χ3n) is 3.29. The standard InChI is InChI=1S/C16H16FN2O5/c1-22-14-6-10(7-15(23-2)16(14)24-3)9-18-12-5-4-11(17)8-13(12)19(20)21/h4-8H,9H2,1-3H3/q-1. The van der Waals surface area contributed by atoms with E-state index in [1.54, 1.807) is 12.1 Å². The van der Waals surface area contributed by atoms with Gasteiger partial charge in [-0.25, -0.2) is 4.39 Å². The maximum Gasteiger partial charge on any atom is 0.257 e. The summed E-state index contributed by atoms with van der Waals surface area (Å²) in [6, 6.07) is 6.63. The first-order chi connectivity index (χ1) is 11.5. The van der Waals surface area contributed by atoms with E-state index in [4.69, 9.17) is 14.2 Å². The molecule has 0 atom stereocenters. The van der Waals surface area contributed by atoms with Crippen LogP contribution in [0.5, 0.6) is 17.2 Å². The van der Waals surface area contributed by atoms with Gasteiger partial charge < -0.3 is 19.5 Å². The van der Waals surface area contributed by atoms with Crippen molar-refractivity contribution >= 4 is 11.4 Å². The number of nitro groups is 1. The molecule has 0 heterocycles. The van der Waals surface area contributed by atoms with Crippen LogP contribution in [0.1, 0.15) is 5.56 Å². The van der Waals surface area contributed by atoms with Crippen LogP contribution in [-0.2, 0) is 6.54 Å². The number of rotatable bonds is 7. The van der Waals surface area contributed by atoms with Gasteiger partial charge in [0.15, 0.2) is 11.5 Å². The summed E-state index contributed by atoms with van der Waals surface area (Å²) in [6.07, 6.45) is 0. The third kappa shape index (κ3) is 3.65. The zero-order valence-electron chi connectivity index (χ0n) is 13.4. The van der Waals surface area contributed by atoms with E-state index >= 15 is 0 Å².